The summed E-state index contributed by atoms with van der Waals surface area (Å²) in [6.45, 7) is 4.93. The number of H-pyrrole nitrogens is 2. The third kappa shape index (κ3) is 5.62. The number of nitrogens with zero attached hydrogens (tertiary/aromatic N) is 1. The molecule has 4 aromatic rings. The van der Waals surface area contributed by atoms with E-state index in [1.54, 1.807) is 37.4 Å². The van der Waals surface area contributed by atoms with Gasteiger partial charge in [-0.25, -0.2) is 14.2 Å². The van der Waals surface area contributed by atoms with Crippen LogP contribution in [-0.4, -0.2) is 49.5 Å². The standard InChI is InChI=1S/C28H31N5O6/c1-4-15(2)23(27(37)38)32-24(34)16(3)30-25(35)22(13-17-14-29-20-11-7-5-9-18(17)20)33-26(36)19-10-6-8-12-21(19)31-28(33)39/h5-12,14-16,22-23,29H,4,13H2,1-3H3,(H,30,35)(H,31,39)(H,32,34)(H,37,38). The first-order valence-corrected chi connectivity index (χ1v) is 12.7. The molecule has 0 saturated carbocycles. The molecule has 4 atom stereocenters. The third-order valence-corrected chi connectivity index (χ3v) is 7.07. The molecule has 0 aliphatic rings. The molecule has 11 nitrogen and oxygen atoms in total. The third-order valence-electron chi connectivity index (χ3n) is 7.07. The summed E-state index contributed by atoms with van der Waals surface area (Å²) in [5, 5.41) is 15.6. The van der Waals surface area contributed by atoms with E-state index < -0.39 is 47.2 Å². The smallest absolute Gasteiger partial charge is 0.329 e. The van der Waals surface area contributed by atoms with Crippen LogP contribution >= 0.6 is 0 Å². The fraction of sp³-hybridized carbons (Fsp3) is 0.321. The van der Waals surface area contributed by atoms with Gasteiger partial charge in [0.15, 0.2) is 0 Å². The molecule has 0 aliphatic carbocycles. The van der Waals surface area contributed by atoms with E-state index in [1.807, 2.05) is 31.2 Å². The maximum absolute atomic E-state index is 13.6. The highest BCUT2D eigenvalue weighted by Crippen LogP contribution is 2.22. The highest BCUT2D eigenvalue weighted by atomic mass is 16.4. The first-order valence-electron chi connectivity index (χ1n) is 12.7. The molecule has 0 aliphatic heterocycles. The van der Waals surface area contributed by atoms with Crippen molar-refractivity contribution in [1.82, 2.24) is 25.2 Å². The second-order valence-corrected chi connectivity index (χ2v) is 9.67. The Kier molecular flexibility index (Phi) is 7.99. The zero-order valence-corrected chi connectivity index (χ0v) is 21.9. The summed E-state index contributed by atoms with van der Waals surface area (Å²) in [4.78, 5) is 70.5. The lowest BCUT2D eigenvalue weighted by atomic mass is 9.99. The number of aromatic nitrogens is 3. The maximum atomic E-state index is 13.6. The summed E-state index contributed by atoms with van der Waals surface area (Å²) < 4.78 is 0.864. The van der Waals surface area contributed by atoms with Crippen molar-refractivity contribution in [3.8, 4) is 0 Å². The minimum absolute atomic E-state index is 0.0177. The van der Waals surface area contributed by atoms with Gasteiger partial charge in [-0.2, -0.15) is 0 Å². The van der Waals surface area contributed by atoms with Gasteiger partial charge < -0.3 is 25.7 Å². The molecule has 204 valence electrons. The molecule has 2 aromatic carbocycles. The normalized spacial score (nSPS) is 14.4. The van der Waals surface area contributed by atoms with E-state index >= 15 is 0 Å². The summed E-state index contributed by atoms with van der Waals surface area (Å²) in [5.74, 6) is -2.94. The van der Waals surface area contributed by atoms with Gasteiger partial charge >= 0.3 is 11.7 Å². The number of para-hydroxylation sites is 2. The molecule has 0 fully saturated rings. The first kappa shape index (κ1) is 27.4. The Morgan fingerprint density at radius 1 is 0.923 bits per heavy atom. The van der Waals surface area contributed by atoms with Crippen LogP contribution in [0.1, 0.15) is 38.8 Å². The van der Waals surface area contributed by atoms with Crippen LogP contribution in [0.4, 0.5) is 0 Å². The molecule has 39 heavy (non-hydrogen) atoms. The molecule has 0 spiro atoms. The number of hydrogen-bond donors (Lipinski definition) is 5. The van der Waals surface area contributed by atoms with Crippen molar-refractivity contribution >= 4 is 39.6 Å². The number of carbonyl (C=O) groups excluding carboxylic acids is 2. The van der Waals surface area contributed by atoms with Crippen molar-refractivity contribution in [3.63, 3.8) is 0 Å². The molecule has 0 radical (unpaired) electrons. The van der Waals surface area contributed by atoms with Gasteiger partial charge in [0, 0.05) is 23.5 Å². The van der Waals surface area contributed by atoms with Crippen LogP contribution in [0.5, 0.6) is 0 Å². The van der Waals surface area contributed by atoms with E-state index in [9.17, 15) is 29.1 Å². The molecule has 2 heterocycles. The van der Waals surface area contributed by atoms with Crippen LogP contribution in [0.25, 0.3) is 21.8 Å². The Bertz CT molecular complexity index is 1650. The van der Waals surface area contributed by atoms with Gasteiger partial charge in [-0.15, -0.1) is 0 Å². The number of aliphatic carboxylic acids is 1. The van der Waals surface area contributed by atoms with Crippen molar-refractivity contribution < 1.29 is 19.5 Å². The second-order valence-electron chi connectivity index (χ2n) is 9.67. The Hall–Kier alpha value is -4.67. The summed E-state index contributed by atoms with van der Waals surface area (Å²) >= 11 is 0. The quantitative estimate of drug-likeness (QED) is 0.209. The number of fused-ring (bicyclic) bond motifs is 2. The highest BCUT2D eigenvalue weighted by Gasteiger charge is 2.31. The number of carboxylic acids is 1. The Morgan fingerprint density at radius 2 is 1.56 bits per heavy atom. The topological polar surface area (TPSA) is 166 Å². The maximum Gasteiger partial charge on any atom is 0.329 e. The minimum atomic E-state index is -1.30. The summed E-state index contributed by atoms with van der Waals surface area (Å²) in [6, 6.07) is 10.4. The largest absolute Gasteiger partial charge is 0.480 e. The number of amides is 2. The zero-order valence-electron chi connectivity index (χ0n) is 21.9. The van der Waals surface area contributed by atoms with Gasteiger partial charge in [-0.05, 0) is 36.6 Å². The number of hydrogen-bond acceptors (Lipinski definition) is 5. The van der Waals surface area contributed by atoms with Crippen LogP contribution in [0, 0.1) is 5.92 Å². The van der Waals surface area contributed by atoms with E-state index in [2.05, 4.69) is 20.6 Å². The molecule has 11 heteroatoms. The number of carboxylic acid groups (broad SMARTS) is 1. The lowest BCUT2D eigenvalue weighted by Crippen LogP contribution is -2.54. The molecule has 5 N–H and O–H groups in total. The number of nitrogens with one attached hydrogen (secondary N) is 4. The van der Waals surface area contributed by atoms with Crippen LogP contribution in [0.15, 0.2) is 64.3 Å². The molecule has 2 amide bonds. The summed E-state index contributed by atoms with van der Waals surface area (Å²) in [5.41, 5.74) is 0.453. The van der Waals surface area contributed by atoms with Crippen LogP contribution in [0.2, 0.25) is 0 Å². The van der Waals surface area contributed by atoms with Crippen molar-refractivity contribution in [1.29, 1.82) is 0 Å². The van der Waals surface area contributed by atoms with E-state index in [0.717, 1.165) is 15.5 Å². The second kappa shape index (κ2) is 11.4. The van der Waals surface area contributed by atoms with Crippen LogP contribution < -0.4 is 21.9 Å². The van der Waals surface area contributed by atoms with E-state index in [0.29, 0.717) is 17.5 Å². The van der Waals surface area contributed by atoms with Gasteiger partial charge in [0.05, 0.1) is 10.9 Å². The highest BCUT2D eigenvalue weighted by molar-refractivity contribution is 5.92. The Labute approximate surface area is 223 Å². The van der Waals surface area contributed by atoms with Gasteiger partial charge in [0.2, 0.25) is 11.8 Å². The SMILES string of the molecule is CCC(C)C(NC(=O)C(C)NC(=O)C(Cc1c[nH]c2ccccc12)n1c(=O)[nH]c2ccccc2c1=O)C(=O)O. The van der Waals surface area contributed by atoms with Gasteiger partial charge in [-0.3, -0.25) is 14.4 Å². The van der Waals surface area contributed by atoms with Crippen molar-refractivity contribution in [2.45, 2.75) is 51.7 Å². The van der Waals surface area contributed by atoms with Gasteiger partial charge in [-0.1, -0.05) is 50.6 Å². The Balaban J connectivity index is 1.70. The average molecular weight is 534 g/mol. The zero-order chi connectivity index (χ0) is 28.3. The number of benzene rings is 2. The molecule has 0 bridgehead atoms. The van der Waals surface area contributed by atoms with E-state index in [4.69, 9.17) is 0 Å². The average Bonchev–Trinajstić information content (AvgIpc) is 3.33. The minimum Gasteiger partial charge on any atom is -0.480 e. The number of rotatable bonds is 10. The number of aromatic amines is 2. The summed E-state index contributed by atoms with van der Waals surface area (Å²) in [7, 11) is 0. The van der Waals surface area contributed by atoms with Crippen LogP contribution in [0.3, 0.4) is 0 Å². The molecule has 4 unspecified atom stereocenters. The van der Waals surface area contributed by atoms with Crippen molar-refractivity contribution in [2.24, 2.45) is 5.92 Å². The molecule has 2 aromatic heterocycles. The monoisotopic (exact) mass is 533 g/mol. The predicted molar refractivity (Wildman–Crippen MR) is 146 cm³/mol. The number of carbonyl (C=O) groups is 3. The van der Waals surface area contributed by atoms with E-state index in [1.165, 1.54) is 6.92 Å². The van der Waals surface area contributed by atoms with Crippen LogP contribution in [-0.2, 0) is 20.8 Å². The molecule has 4 rings (SSSR count). The first-order chi connectivity index (χ1) is 18.6. The lowest BCUT2D eigenvalue weighted by Gasteiger charge is -2.24. The van der Waals surface area contributed by atoms with E-state index in [-0.39, 0.29) is 17.7 Å². The predicted octanol–water partition coefficient (Wildman–Crippen LogP) is 2.08. The fourth-order valence-corrected chi connectivity index (χ4v) is 4.61. The lowest BCUT2D eigenvalue weighted by molar-refractivity contribution is -0.143. The summed E-state index contributed by atoms with van der Waals surface area (Å²) in [6.07, 6.45) is 2.22. The van der Waals surface area contributed by atoms with Gasteiger partial charge in [0.25, 0.3) is 5.56 Å². The van der Waals surface area contributed by atoms with Crippen molar-refractivity contribution in [2.75, 3.05) is 0 Å². The fourth-order valence-electron chi connectivity index (χ4n) is 4.61. The van der Waals surface area contributed by atoms with Gasteiger partial charge in [0.1, 0.15) is 18.1 Å². The van der Waals surface area contributed by atoms with Crippen molar-refractivity contribution in [3.05, 3.63) is 81.1 Å². The molecular weight excluding hydrogens is 502 g/mol. The molecular formula is C28H31N5O6. The Morgan fingerprint density at radius 3 is 2.23 bits per heavy atom. The molecule has 0 saturated heterocycles.